The van der Waals surface area contributed by atoms with Crippen LogP contribution in [0.2, 0.25) is 0 Å². The third-order valence-electron chi connectivity index (χ3n) is 8.68. The van der Waals surface area contributed by atoms with Crippen molar-refractivity contribution in [3.63, 3.8) is 0 Å². The third kappa shape index (κ3) is 3.61. The number of carbonyl (C=O) groups is 1. The number of fused-ring (bicyclic) bond motifs is 5. The zero-order valence-corrected chi connectivity index (χ0v) is 19.1. The first-order chi connectivity index (χ1) is 14.4. The highest BCUT2D eigenvalue weighted by Crippen LogP contribution is 2.64. The molecule has 4 aliphatic rings. The summed E-state index contributed by atoms with van der Waals surface area (Å²) in [6, 6.07) is 0. The molecule has 0 radical (unpaired) electrons. The lowest BCUT2D eigenvalue weighted by atomic mass is 9.48. The highest BCUT2D eigenvalue weighted by Gasteiger charge is 2.59. The Kier molecular flexibility index (Phi) is 6.29. The number of hydrogen-bond donors (Lipinski definition) is 3. The summed E-state index contributed by atoms with van der Waals surface area (Å²) in [4.78, 5) is 23.8. The minimum Gasteiger partial charge on any atom is -0.320 e. The van der Waals surface area contributed by atoms with Crippen LogP contribution in [0.15, 0.2) is 23.0 Å². The van der Waals surface area contributed by atoms with Crippen molar-refractivity contribution in [1.82, 2.24) is 16.3 Å². The van der Waals surface area contributed by atoms with Crippen molar-refractivity contribution in [2.75, 3.05) is 27.3 Å². The molecular formula is C24H39N3O3. The number of hydrogen-bond acceptors (Lipinski definition) is 6. The highest BCUT2D eigenvalue weighted by molar-refractivity contribution is 5.87. The van der Waals surface area contributed by atoms with Crippen LogP contribution in [0.3, 0.4) is 0 Å². The Balaban J connectivity index is 1.58. The normalized spacial score (nSPS) is 37.9. The number of ketones is 1. The van der Waals surface area contributed by atoms with Gasteiger partial charge in [-0.1, -0.05) is 13.8 Å². The van der Waals surface area contributed by atoms with Crippen molar-refractivity contribution in [3.8, 4) is 0 Å². The monoisotopic (exact) mass is 417 g/mol. The van der Waals surface area contributed by atoms with Crippen LogP contribution in [-0.2, 0) is 14.5 Å². The summed E-state index contributed by atoms with van der Waals surface area (Å²) in [5.41, 5.74) is 10.1. The number of Topliss-reactive ketones (excluding diaryl/α,β-unsaturated/α-hetero) is 1. The van der Waals surface area contributed by atoms with Gasteiger partial charge in [-0.25, -0.2) is 0 Å². The molecule has 0 bridgehead atoms. The van der Waals surface area contributed by atoms with E-state index in [1.54, 1.807) is 7.11 Å². The van der Waals surface area contributed by atoms with Gasteiger partial charge in [-0.2, -0.15) is 0 Å². The van der Waals surface area contributed by atoms with Crippen LogP contribution in [0, 0.1) is 28.6 Å². The standard InChI is InChI=1S/C24H39N3O3/c1-23-10-8-16(26-30-13-5-12-25-3)14-20(23)21(27-29-4)15-17-18-6-7-22(28)24(18,2)11-9-19(17)23/h14,17-19,25-27H,5-13,15H2,1-4H3/t17-,18-,19-,23+,24-/m0/s1. The Morgan fingerprint density at radius 3 is 2.67 bits per heavy atom. The molecule has 0 unspecified atom stereocenters. The van der Waals surface area contributed by atoms with Gasteiger partial charge in [-0.15, -0.1) is 0 Å². The Hall–Kier alpha value is -1.37. The fraction of sp³-hybridized carbons (Fsp3) is 0.792. The Labute approximate surface area is 181 Å². The molecule has 4 aliphatic carbocycles. The van der Waals surface area contributed by atoms with Crippen LogP contribution >= 0.6 is 0 Å². The number of carbonyl (C=O) groups excluding carboxylic acids is 1. The number of nitrogens with one attached hydrogen (secondary N) is 3. The minimum absolute atomic E-state index is 0.106. The topological polar surface area (TPSA) is 71.6 Å². The van der Waals surface area contributed by atoms with Crippen molar-refractivity contribution < 1.29 is 14.5 Å². The van der Waals surface area contributed by atoms with E-state index in [0.717, 1.165) is 63.6 Å². The molecule has 0 aromatic rings. The number of rotatable bonds is 8. The molecule has 5 atom stereocenters. The van der Waals surface area contributed by atoms with Crippen LogP contribution in [-0.4, -0.2) is 33.1 Å². The molecule has 0 aromatic carbocycles. The Bertz CT molecular complexity index is 733. The van der Waals surface area contributed by atoms with E-state index in [1.165, 1.54) is 11.3 Å². The van der Waals surface area contributed by atoms with Gasteiger partial charge >= 0.3 is 0 Å². The second-order valence-electron chi connectivity index (χ2n) is 10.2. The maximum Gasteiger partial charge on any atom is 0.139 e. The molecule has 6 nitrogen and oxygen atoms in total. The van der Waals surface area contributed by atoms with Crippen molar-refractivity contribution in [2.24, 2.45) is 28.6 Å². The molecule has 0 amide bonds. The summed E-state index contributed by atoms with van der Waals surface area (Å²) in [5.74, 6) is 2.20. The van der Waals surface area contributed by atoms with E-state index in [1.807, 2.05) is 7.05 Å². The first kappa shape index (κ1) is 21.8. The van der Waals surface area contributed by atoms with E-state index in [4.69, 9.17) is 9.68 Å². The molecule has 0 aromatic heterocycles. The lowest BCUT2D eigenvalue weighted by molar-refractivity contribution is -0.131. The largest absolute Gasteiger partial charge is 0.320 e. The van der Waals surface area contributed by atoms with Crippen molar-refractivity contribution in [3.05, 3.63) is 23.0 Å². The Morgan fingerprint density at radius 1 is 1.10 bits per heavy atom. The SMILES string of the molecule is CNCCCONC1=CC2=C(NOC)C[C@@H]3[C@H](CC[C@]4(C)C(=O)CC[C@@H]34)[C@@]2(C)CC1. The zero-order valence-electron chi connectivity index (χ0n) is 19.1. The summed E-state index contributed by atoms with van der Waals surface area (Å²) >= 11 is 0. The van der Waals surface area contributed by atoms with Crippen LogP contribution < -0.4 is 16.3 Å². The lowest BCUT2D eigenvalue weighted by Gasteiger charge is -2.56. The van der Waals surface area contributed by atoms with E-state index in [2.05, 4.69) is 36.2 Å². The van der Waals surface area contributed by atoms with Crippen LogP contribution in [0.5, 0.6) is 0 Å². The molecule has 4 rings (SSSR count). The number of allylic oxidation sites excluding steroid dienone is 4. The number of hydroxylamine groups is 2. The predicted molar refractivity (Wildman–Crippen MR) is 117 cm³/mol. The molecule has 168 valence electrons. The first-order valence-electron chi connectivity index (χ1n) is 11.7. The fourth-order valence-corrected chi connectivity index (χ4v) is 7.00. The molecule has 2 fully saturated rings. The van der Waals surface area contributed by atoms with E-state index in [9.17, 15) is 4.79 Å². The van der Waals surface area contributed by atoms with Gasteiger partial charge in [0, 0.05) is 23.2 Å². The molecule has 6 heteroatoms. The van der Waals surface area contributed by atoms with Crippen molar-refractivity contribution in [2.45, 2.75) is 65.2 Å². The van der Waals surface area contributed by atoms with Gasteiger partial charge < -0.3 is 5.32 Å². The average Bonchev–Trinajstić information content (AvgIpc) is 3.03. The summed E-state index contributed by atoms with van der Waals surface area (Å²) < 4.78 is 0. The highest BCUT2D eigenvalue weighted by atomic mass is 16.6. The van der Waals surface area contributed by atoms with Crippen LogP contribution in [0.4, 0.5) is 0 Å². The second-order valence-corrected chi connectivity index (χ2v) is 10.2. The smallest absolute Gasteiger partial charge is 0.139 e. The van der Waals surface area contributed by atoms with E-state index >= 15 is 0 Å². The maximum absolute atomic E-state index is 12.7. The van der Waals surface area contributed by atoms with Crippen LogP contribution in [0.25, 0.3) is 0 Å². The average molecular weight is 418 g/mol. The quantitative estimate of drug-likeness (QED) is 0.414. The van der Waals surface area contributed by atoms with Gasteiger partial charge in [0.05, 0.1) is 13.7 Å². The Morgan fingerprint density at radius 2 is 1.90 bits per heavy atom. The predicted octanol–water partition coefficient (Wildman–Crippen LogP) is 3.62. The van der Waals surface area contributed by atoms with Gasteiger partial charge in [0.1, 0.15) is 5.78 Å². The van der Waals surface area contributed by atoms with Crippen molar-refractivity contribution >= 4 is 5.78 Å². The molecule has 0 saturated heterocycles. The summed E-state index contributed by atoms with van der Waals surface area (Å²) in [7, 11) is 3.65. The van der Waals surface area contributed by atoms with Gasteiger partial charge in [-0.05, 0) is 93.4 Å². The summed E-state index contributed by atoms with van der Waals surface area (Å²) in [6.07, 6.45) is 10.4. The van der Waals surface area contributed by atoms with Crippen molar-refractivity contribution in [1.29, 1.82) is 0 Å². The summed E-state index contributed by atoms with van der Waals surface area (Å²) in [5, 5.41) is 3.14. The molecule has 0 spiro atoms. The van der Waals surface area contributed by atoms with Gasteiger partial charge in [0.15, 0.2) is 0 Å². The minimum atomic E-state index is -0.106. The lowest BCUT2D eigenvalue weighted by Crippen LogP contribution is -2.51. The van der Waals surface area contributed by atoms with Gasteiger partial charge in [0.2, 0.25) is 0 Å². The molecule has 30 heavy (non-hydrogen) atoms. The summed E-state index contributed by atoms with van der Waals surface area (Å²) in [6.45, 7) is 6.33. The van der Waals surface area contributed by atoms with E-state index in [-0.39, 0.29) is 10.8 Å². The van der Waals surface area contributed by atoms with Gasteiger partial charge in [0.25, 0.3) is 0 Å². The molecule has 0 heterocycles. The third-order valence-corrected chi connectivity index (χ3v) is 8.68. The second kappa shape index (κ2) is 8.64. The fourth-order valence-electron chi connectivity index (χ4n) is 7.00. The molecular weight excluding hydrogens is 378 g/mol. The zero-order chi connectivity index (χ0) is 21.4. The molecule has 3 N–H and O–H groups in total. The van der Waals surface area contributed by atoms with Gasteiger partial charge in [-0.3, -0.25) is 25.4 Å². The van der Waals surface area contributed by atoms with E-state index < -0.39 is 0 Å². The van der Waals surface area contributed by atoms with Crippen LogP contribution in [0.1, 0.15) is 65.2 Å². The molecule has 2 saturated carbocycles. The van der Waals surface area contributed by atoms with E-state index in [0.29, 0.717) is 30.1 Å². The first-order valence-corrected chi connectivity index (χ1v) is 11.7. The molecule has 0 aliphatic heterocycles. The maximum atomic E-state index is 12.7.